The minimum absolute atomic E-state index is 0.388. The lowest BCUT2D eigenvalue weighted by molar-refractivity contribution is 0.558. The van der Waals surface area contributed by atoms with Crippen LogP contribution in [0.25, 0.3) is 0 Å². The number of aromatic nitrogens is 1. The van der Waals surface area contributed by atoms with Gasteiger partial charge in [-0.2, -0.15) is 0 Å². The summed E-state index contributed by atoms with van der Waals surface area (Å²) >= 11 is 5.30. The molecule has 0 fully saturated rings. The van der Waals surface area contributed by atoms with Crippen molar-refractivity contribution < 1.29 is 0 Å². The average Bonchev–Trinajstić information content (AvgIpc) is 2.77. The second-order valence-corrected chi connectivity index (χ2v) is 5.70. The van der Waals surface area contributed by atoms with Crippen LogP contribution in [0.5, 0.6) is 0 Å². The van der Waals surface area contributed by atoms with Crippen LogP contribution in [-0.2, 0) is 6.42 Å². The second kappa shape index (κ2) is 6.28. The summed E-state index contributed by atoms with van der Waals surface area (Å²) in [7, 11) is 0. The van der Waals surface area contributed by atoms with Gasteiger partial charge in [0.2, 0.25) is 0 Å². The van der Waals surface area contributed by atoms with Gasteiger partial charge in [0.05, 0.1) is 0 Å². The van der Waals surface area contributed by atoms with E-state index in [0.717, 1.165) is 17.4 Å². The van der Waals surface area contributed by atoms with Crippen molar-refractivity contribution in [3.05, 3.63) is 50.9 Å². The molecule has 0 aliphatic rings. The molecule has 0 saturated carbocycles. The Labute approximate surface area is 114 Å². The molecule has 2 aromatic rings. The number of hydrogen-bond acceptors (Lipinski definition) is 3. The average molecular weight is 311 g/mol. The maximum Gasteiger partial charge on any atom is 0.0456 e. The first-order valence-electron chi connectivity index (χ1n) is 5.66. The Morgan fingerprint density at radius 2 is 2.18 bits per heavy atom. The van der Waals surface area contributed by atoms with Crippen molar-refractivity contribution in [1.29, 1.82) is 0 Å². The number of thiophene rings is 1. The van der Waals surface area contributed by atoms with Crippen LogP contribution in [0.4, 0.5) is 0 Å². The summed E-state index contributed by atoms with van der Waals surface area (Å²) < 4.78 is 1.16. The molecule has 0 aromatic carbocycles. The molecule has 0 bridgehead atoms. The summed E-state index contributed by atoms with van der Waals surface area (Å²) in [5.74, 6) is 0. The highest BCUT2D eigenvalue weighted by Gasteiger charge is 2.13. The predicted octanol–water partition coefficient (Wildman–Crippen LogP) is 3.80. The van der Waals surface area contributed by atoms with Gasteiger partial charge in [-0.1, -0.05) is 6.92 Å². The third-order valence-electron chi connectivity index (χ3n) is 2.57. The molecule has 0 aliphatic heterocycles. The Kier molecular flexibility index (Phi) is 4.71. The van der Waals surface area contributed by atoms with Gasteiger partial charge < -0.3 is 5.32 Å². The third-order valence-corrected chi connectivity index (χ3v) is 4.38. The fraction of sp³-hybridized carbons (Fsp3) is 0.308. The van der Waals surface area contributed by atoms with Crippen molar-refractivity contribution in [2.45, 2.75) is 19.4 Å². The Bertz CT molecular complexity index is 455. The fourth-order valence-electron chi connectivity index (χ4n) is 1.79. The number of halogens is 1. The summed E-state index contributed by atoms with van der Waals surface area (Å²) in [5.41, 5.74) is 1.32. The number of nitrogens with zero attached hydrogens (tertiary/aromatic N) is 1. The van der Waals surface area contributed by atoms with Crippen LogP contribution in [-0.4, -0.2) is 11.5 Å². The van der Waals surface area contributed by atoms with Gasteiger partial charge >= 0.3 is 0 Å². The second-order valence-electron chi connectivity index (χ2n) is 3.84. The smallest absolute Gasteiger partial charge is 0.0456 e. The van der Waals surface area contributed by atoms with E-state index in [-0.39, 0.29) is 0 Å². The minimum atomic E-state index is 0.388. The van der Waals surface area contributed by atoms with Gasteiger partial charge in [0.15, 0.2) is 0 Å². The molecule has 4 heteroatoms. The monoisotopic (exact) mass is 310 g/mol. The highest BCUT2D eigenvalue weighted by Crippen LogP contribution is 2.27. The Balaban J connectivity index is 2.13. The van der Waals surface area contributed by atoms with Crippen molar-refractivity contribution in [2.75, 3.05) is 6.54 Å². The number of likely N-dealkylation sites (N-methyl/N-ethyl adjacent to an activating group) is 1. The molecule has 0 radical (unpaired) electrons. The Morgan fingerprint density at radius 1 is 1.41 bits per heavy atom. The number of rotatable bonds is 5. The van der Waals surface area contributed by atoms with E-state index >= 15 is 0 Å². The largest absolute Gasteiger partial charge is 0.309 e. The molecular weight excluding hydrogens is 296 g/mol. The highest BCUT2D eigenvalue weighted by molar-refractivity contribution is 9.10. The van der Waals surface area contributed by atoms with Gasteiger partial charge in [-0.25, -0.2) is 0 Å². The van der Waals surface area contributed by atoms with E-state index < -0.39 is 0 Å². The zero-order valence-electron chi connectivity index (χ0n) is 9.69. The van der Waals surface area contributed by atoms with Gasteiger partial charge in [0, 0.05) is 33.2 Å². The number of nitrogens with one attached hydrogen (secondary N) is 1. The standard InChI is InChI=1S/C13H15BrN2S/c1-2-16-12(13-8-11(14)9-17-13)7-10-3-5-15-6-4-10/h3-6,8-9,12,16H,2,7H2,1H3. The zero-order valence-corrected chi connectivity index (χ0v) is 12.1. The molecule has 2 rings (SSSR count). The first kappa shape index (κ1) is 12.7. The first-order valence-corrected chi connectivity index (χ1v) is 7.33. The molecule has 2 aromatic heterocycles. The molecule has 1 atom stereocenters. The number of pyridine rings is 1. The van der Waals surface area contributed by atoms with E-state index in [4.69, 9.17) is 0 Å². The maximum atomic E-state index is 4.05. The van der Waals surface area contributed by atoms with Crippen LogP contribution in [0.1, 0.15) is 23.4 Å². The quantitative estimate of drug-likeness (QED) is 0.908. The van der Waals surface area contributed by atoms with Crippen LogP contribution in [0.2, 0.25) is 0 Å². The van der Waals surface area contributed by atoms with E-state index in [1.165, 1.54) is 10.4 Å². The molecule has 0 aliphatic carbocycles. The lowest BCUT2D eigenvalue weighted by Crippen LogP contribution is -2.22. The molecule has 0 spiro atoms. The first-order chi connectivity index (χ1) is 8.29. The predicted molar refractivity (Wildman–Crippen MR) is 76.4 cm³/mol. The molecule has 1 N–H and O–H groups in total. The van der Waals surface area contributed by atoms with Gasteiger partial charge in [0.25, 0.3) is 0 Å². The molecule has 90 valence electrons. The third kappa shape index (κ3) is 3.63. The van der Waals surface area contributed by atoms with Crippen molar-refractivity contribution in [2.24, 2.45) is 0 Å². The van der Waals surface area contributed by atoms with Crippen LogP contribution in [0.15, 0.2) is 40.4 Å². The minimum Gasteiger partial charge on any atom is -0.309 e. The molecule has 17 heavy (non-hydrogen) atoms. The molecule has 0 saturated heterocycles. The maximum absolute atomic E-state index is 4.05. The topological polar surface area (TPSA) is 24.9 Å². The summed E-state index contributed by atoms with van der Waals surface area (Å²) in [5, 5.41) is 5.66. The Hall–Kier alpha value is -0.710. The van der Waals surface area contributed by atoms with E-state index in [1.54, 1.807) is 11.3 Å². The SMILES string of the molecule is CCNC(Cc1ccncc1)c1cc(Br)cs1. The summed E-state index contributed by atoms with van der Waals surface area (Å²) in [4.78, 5) is 5.42. The van der Waals surface area contributed by atoms with Gasteiger partial charge in [0.1, 0.15) is 0 Å². The van der Waals surface area contributed by atoms with Crippen LogP contribution in [0, 0.1) is 0 Å². The summed E-state index contributed by atoms with van der Waals surface area (Å²) in [6.45, 7) is 3.12. The lowest BCUT2D eigenvalue weighted by Gasteiger charge is -2.16. The fourth-order valence-corrected chi connectivity index (χ4v) is 3.31. The van der Waals surface area contributed by atoms with Gasteiger partial charge in [-0.05, 0) is 52.7 Å². The molecule has 1 unspecified atom stereocenters. The van der Waals surface area contributed by atoms with E-state index in [9.17, 15) is 0 Å². The molecular formula is C13H15BrN2S. The van der Waals surface area contributed by atoms with Crippen molar-refractivity contribution in [1.82, 2.24) is 10.3 Å². The highest BCUT2D eigenvalue weighted by atomic mass is 79.9. The van der Waals surface area contributed by atoms with Crippen LogP contribution >= 0.6 is 27.3 Å². The van der Waals surface area contributed by atoms with Crippen molar-refractivity contribution in [3.8, 4) is 0 Å². The number of hydrogen-bond donors (Lipinski definition) is 1. The normalized spacial score (nSPS) is 12.6. The van der Waals surface area contributed by atoms with E-state index in [0.29, 0.717) is 6.04 Å². The van der Waals surface area contributed by atoms with E-state index in [2.05, 4.69) is 56.7 Å². The Morgan fingerprint density at radius 3 is 2.76 bits per heavy atom. The van der Waals surface area contributed by atoms with E-state index in [1.807, 2.05) is 12.4 Å². The van der Waals surface area contributed by atoms with Crippen LogP contribution in [0.3, 0.4) is 0 Å². The lowest BCUT2D eigenvalue weighted by atomic mass is 10.1. The zero-order chi connectivity index (χ0) is 12.1. The van der Waals surface area contributed by atoms with Gasteiger partial charge in [-0.15, -0.1) is 11.3 Å². The van der Waals surface area contributed by atoms with Crippen molar-refractivity contribution >= 4 is 27.3 Å². The molecule has 2 nitrogen and oxygen atoms in total. The van der Waals surface area contributed by atoms with Crippen LogP contribution < -0.4 is 5.32 Å². The summed E-state index contributed by atoms with van der Waals surface area (Å²) in [6.07, 6.45) is 4.70. The molecule has 0 amide bonds. The summed E-state index contributed by atoms with van der Waals surface area (Å²) in [6, 6.07) is 6.73. The van der Waals surface area contributed by atoms with Gasteiger partial charge in [-0.3, -0.25) is 4.98 Å². The molecule has 2 heterocycles. The van der Waals surface area contributed by atoms with Crippen molar-refractivity contribution in [3.63, 3.8) is 0 Å².